The van der Waals surface area contributed by atoms with Gasteiger partial charge in [-0.1, -0.05) is 19.1 Å². The summed E-state index contributed by atoms with van der Waals surface area (Å²) in [6.07, 6.45) is 3.17. The molecule has 6 heteroatoms. The molecule has 13 heavy (non-hydrogen) atoms. The smallest absolute Gasteiger partial charge is 0.303 e. The van der Waals surface area contributed by atoms with E-state index in [0.29, 0.717) is 6.42 Å². The third-order valence-corrected chi connectivity index (χ3v) is 2.52. The van der Waals surface area contributed by atoms with Crippen LogP contribution in [0.3, 0.4) is 0 Å². The molecule has 0 amide bonds. The monoisotopic (exact) mass is 226 g/mol. The van der Waals surface area contributed by atoms with Gasteiger partial charge in [0.15, 0.2) is 0 Å². The number of phosphoric acid groups is 1. The number of hydrogen-bond acceptors (Lipinski definition) is 3. The second-order valence-corrected chi connectivity index (χ2v) is 4.49. The first-order valence-corrected chi connectivity index (χ1v) is 6.11. The second kappa shape index (κ2) is 6.62. The van der Waals surface area contributed by atoms with Gasteiger partial charge in [-0.15, -0.1) is 0 Å². The van der Waals surface area contributed by atoms with Crippen LogP contribution in [0.1, 0.15) is 32.6 Å². The Labute approximate surface area is 83.5 Å². The van der Waals surface area contributed by atoms with Crippen LogP contribution >= 0.6 is 20.0 Å². The van der Waals surface area contributed by atoms with Crippen molar-refractivity contribution >= 4 is 24.9 Å². The quantitative estimate of drug-likeness (QED) is 0.395. The molecule has 0 atom stereocenters. The summed E-state index contributed by atoms with van der Waals surface area (Å²) in [5.41, 5.74) is 0. The van der Waals surface area contributed by atoms with Crippen LogP contribution in [0.15, 0.2) is 0 Å². The van der Waals surface area contributed by atoms with E-state index in [0.717, 1.165) is 24.1 Å². The van der Waals surface area contributed by atoms with Crippen molar-refractivity contribution in [3.63, 3.8) is 0 Å². The van der Waals surface area contributed by atoms with Gasteiger partial charge in [-0.3, -0.25) is 4.52 Å². The van der Waals surface area contributed by atoms with E-state index < -0.39 is 7.82 Å². The second-order valence-electron chi connectivity index (χ2n) is 2.67. The largest absolute Gasteiger partial charge is 0.469 e. The van der Waals surface area contributed by atoms with Gasteiger partial charge >= 0.3 is 7.82 Å². The van der Waals surface area contributed by atoms with Crippen molar-refractivity contribution in [2.24, 2.45) is 0 Å². The third kappa shape index (κ3) is 10.1. The Kier molecular flexibility index (Phi) is 6.73. The molecular weight excluding hydrogens is 211 g/mol. The maximum Gasteiger partial charge on any atom is 0.469 e. The van der Waals surface area contributed by atoms with E-state index in [2.05, 4.69) is 4.52 Å². The number of hydrogen-bond donors (Lipinski definition) is 2. The topological polar surface area (TPSA) is 66.8 Å². The van der Waals surface area contributed by atoms with Crippen molar-refractivity contribution < 1.29 is 18.9 Å². The molecule has 0 unspecified atom stereocenters. The normalized spacial score (nSPS) is 11.6. The molecule has 0 saturated carbocycles. The Balaban J connectivity index is 3.27. The van der Waals surface area contributed by atoms with Crippen molar-refractivity contribution in [2.45, 2.75) is 32.6 Å². The molecule has 4 nitrogen and oxygen atoms in total. The van der Waals surface area contributed by atoms with Crippen LogP contribution in [0.5, 0.6) is 0 Å². The maximum atomic E-state index is 10.2. The van der Waals surface area contributed by atoms with E-state index in [1.807, 2.05) is 6.92 Å². The van der Waals surface area contributed by atoms with Crippen molar-refractivity contribution in [3.8, 4) is 0 Å². The predicted octanol–water partition coefficient (Wildman–Crippen LogP) is 2.05. The van der Waals surface area contributed by atoms with Gasteiger partial charge < -0.3 is 9.79 Å². The Morgan fingerprint density at radius 2 is 2.08 bits per heavy atom. The predicted molar refractivity (Wildman–Crippen MR) is 54.7 cm³/mol. The summed E-state index contributed by atoms with van der Waals surface area (Å²) < 4.78 is 14.5. The van der Waals surface area contributed by atoms with Gasteiger partial charge in [0, 0.05) is 0 Å². The van der Waals surface area contributed by atoms with Gasteiger partial charge in [-0.05, 0) is 30.5 Å². The van der Waals surface area contributed by atoms with Crippen molar-refractivity contribution in [3.05, 3.63) is 0 Å². The van der Waals surface area contributed by atoms with Crippen LogP contribution < -0.4 is 0 Å². The Hall–Kier alpha value is 0.200. The van der Waals surface area contributed by atoms with Gasteiger partial charge in [0.25, 0.3) is 0 Å². The fourth-order valence-corrected chi connectivity index (χ4v) is 1.30. The first-order chi connectivity index (χ1) is 5.95. The van der Waals surface area contributed by atoms with E-state index in [9.17, 15) is 4.57 Å². The number of rotatable bonds is 7. The lowest BCUT2D eigenvalue weighted by molar-refractivity contribution is 0.194. The van der Waals surface area contributed by atoms with Crippen LogP contribution in [0, 0.1) is 0 Å². The zero-order valence-electron chi connectivity index (χ0n) is 7.60. The molecule has 0 heterocycles. The number of thiocarbonyl (C=S) groups is 1. The minimum absolute atomic E-state index is 0.0939. The van der Waals surface area contributed by atoms with Gasteiger partial charge in [-0.2, -0.15) is 0 Å². The summed E-state index contributed by atoms with van der Waals surface area (Å²) in [6, 6.07) is 0. The fraction of sp³-hybridized carbons (Fsp3) is 0.857. The van der Waals surface area contributed by atoms with Crippen molar-refractivity contribution in [2.75, 3.05) is 6.61 Å². The van der Waals surface area contributed by atoms with Crippen molar-refractivity contribution in [1.82, 2.24) is 0 Å². The molecule has 0 aromatic carbocycles. The molecule has 0 radical (unpaired) electrons. The standard InChI is InChI=1S/C7H15O4PS/c1-2-7(13)5-3-4-6-11-12(8,9)10/h2-6H2,1H3,(H2,8,9,10). The number of unbranched alkanes of at least 4 members (excludes halogenated alkanes) is 1. The maximum absolute atomic E-state index is 10.2. The summed E-state index contributed by atoms with van der Waals surface area (Å²) >= 11 is 4.98. The summed E-state index contributed by atoms with van der Waals surface area (Å²) in [7, 11) is -4.27. The third-order valence-electron chi connectivity index (χ3n) is 1.50. The van der Waals surface area contributed by atoms with Crippen LogP contribution in [0.4, 0.5) is 0 Å². The lowest BCUT2D eigenvalue weighted by Crippen LogP contribution is -1.95. The zero-order chi connectivity index (χ0) is 10.3. The summed E-state index contributed by atoms with van der Waals surface area (Å²) in [5, 5.41) is 0. The Morgan fingerprint density at radius 1 is 1.46 bits per heavy atom. The molecule has 0 aliphatic heterocycles. The van der Waals surface area contributed by atoms with E-state index in [1.54, 1.807) is 0 Å². The molecule has 0 aromatic heterocycles. The Bertz CT molecular complexity index is 201. The van der Waals surface area contributed by atoms with E-state index >= 15 is 0 Å². The van der Waals surface area contributed by atoms with Gasteiger partial charge in [0.05, 0.1) is 6.61 Å². The molecule has 0 spiro atoms. The lowest BCUT2D eigenvalue weighted by atomic mass is 10.2. The lowest BCUT2D eigenvalue weighted by Gasteiger charge is -2.04. The van der Waals surface area contributed by atoms with E-state index in [1.165, 1.54) is 0 Å². The average Bonchev–Trinajstić information content (AvgIpc) is 2.01. The molecule has 0 rings (SSSR count). The average molecular weight is 226 g/mol. The molecule has 0 saturated heterocycles. The van der Waals surface area contributed by atoms with E-state index in [-0.39, 0.29) is 6.61 Å². The first kappa shape index (κ1) is 13.2. The SMILES string of the molecule is CCC(=S)CCCCOP(=O)(O)O. The molecule has 0 bridgehead atoms. The first-order valence-electron chi connectivity index (χ1n) is 4.17. The van der Waals surface area contributed by atoms with Crippen LogP contribution in [-0.2, 0) is 9.09 Å². The highest BCUT2D eigenvalue weighted by molar-refractivity contribution is 7.80. The molecule has 0 aliphatic carbocycles. The Morgan fingerprint density at radius 3 is 2.54 bits per heavy atom. The van der Waals surface area contributed by atoms with Gasteiger partial charge in [0.1, 0.15) is 0 Å². The van der Waals surface area contributed by atoms with E-state index in [4.69, 9.17) is 22.0 Å². The molecule has 78 valence electrons. The highest BCUT2D eigenvalue weighted by Crippen LogP contribution is 2.35. The summed E-state index contributed by atoms with van der Waals surface area (Å²) in [6.45, 7) is 2.09. The molecular formula is C7H15O4PS. The number of phosphoric ester groups is 1. The zero-order valence-corrected chi connectivity index (χ0v) is 9.31. The summed E-state index contributed by atoms with van der Waals surface area (Å²) in [5.74, 6) is 0. The highest BCUT2D eigenvalue weighted by atomic mass is 32.1. The summed E-state index contributed by atoms with van der Waals surface area (Å²) in [4.78, 5) is 17.7. The molecule has 0 aromatic rings. The molecule has 2 N–H and O–H groups in total. The van der Waals surface area contributed by atoms with Crippen LogP contribution in [0.2, 0.25) is 0 Å². The minimum Gasteiger partial charge on any atom is -0.303 e. The van der Waals surface area contributed by atoms with Crippen LogP contribution in [0.25, 0.3) is 0 Å². The van der Waals surface area contributed by atoms with Gasteiger partial charge in [-0.25, -0.2) is 4.57 Å². The fourth-order valence-electron chi connectivity index (χ4n) is 0.784. The molecule has 0 fully saturated rings. The van der Waals surface area contributed by atoms with Gasteiger partial charge in [0.2, 0.25) is 0 Å². The minimum atomic E-state index is -4.27. The van der Waals surface area contributed by atoms with Crippen LogP contribution in [-0.4, -0.2) is 21.3 Å². The van der Waals surface area contributed by atoms with Crippen molar-refractivity contribution in [1.29, 1.82) is 0 Å². The highest BCUT2D eigenvalue weighted by Gasteiger charge is 2.12. The molecule has 0 aliphatic rings.